The Morgan fingerprint density at radius 3 is 1.77 bits per heavy atom. The molecule has 352 valence electrons. The SMILES string of the molecule is CCCCC1(CCCC)C=CC[C@@]2(C)CC[C@@H](C(C)(C)O)C=C12.CCCCC1=CC(=O)C[C@@]2(C)CC[C@@H]3C[C@]12OC3(C)C.CCCCC1=CCC[C@@]2(C)CC[C@@H]3C[C@]12OC3(C)C. The van der Waals surface area contributed by atoms with Gasteiger partial charge in [-0.2, -0.15) is 0 Å². The number of allylic oxidation sites excluding steroid dienone is 5. The van der Waals surface area contributed by atoms with Crippen molar-refractivity contribution in [2.45, 2.75) is 272 Å². The first-order valence-electron chi connectivity index (χ1n) is 26.5. The Labute approximate surface area is 382 Å². The van der Waals surface area contributed by atoms with Crippen LogP contribution in [0.2, 0.25) is 0 Å². The zero-order valence-corrected chi connectivity index (χ0v) is 42.8. The summed E-state index contributed by atoms with van der Waals surface area (Å²) in [5.74, 6) is 2.04. The Morgan fingerprint density at radius 2 is 1.23 bits per heavy atom. The molecular formula is C58H96O4. The molecular weight excluding hydrogens is 761 g/mol. The van der Waals surface area contributed by atoms with Crippen molar-refractivity contribution in [3.8, 4) is 0 Å². The van der Waals surface area contributed by atoms with E-state index in [4.69, 9.17) is 9.47 Å². The van der Waals surface area contributed by atoms with E-state index in [2.05, 4.69) is 100 Å². The molecule has 8 rings (SSSR count). The van der Waals surface area contributed by atoms with E-state index in [0.29, 0.717) is 34.9 Å². The molecule has 62 heavy (non-hydrogen) atoms. The molecule has 2 heterocycles. The highest BCUT2D eigenvalue weighted by molar-refractivity contribution is 5.93. The topological polar surface area (TPSA) is 55.8 Å². The minimum Gasteiger partial charge on any atom is -0.390 e. The average Bonchev–Trinajstić information content (AvgIpc) is 3.59. The number of carbonyl (C=O) groups excluding carboxylic acids is 1. The fourth-order valence-corrected chi connectivity index (χ4v) is 14.7. The number of hydrogen-bond acceptors (Lipinski definition) is 4. The number of rotatable bonds is 13. The Bertz CT molecular complexity index is 1690. The van der Waals surface area contributed by atoms with E-state index in [1.54, 1.807) is 11.1 Å². The molecule has 2 saturated carbocycles. The summed E-state index contributed by atoms with van der Waals surface area (Å²) in [6, 6.07) is 0. The summed E-state index contributed by atoms with van der Waals surface area (Å²) in [5, 5.41) is 10.6. The van der Waals surface area contributed by atoms with Gasteiger partial charge in [0, 0.05) is 28.6 Å². The Balaban J connectivity index is 0.000000156. The Morgan fingerprint density at radius 1 is 0.694 bits per heavy atom. The third-order valence-electron chi connectivity index (χ3n) is 19.0. The molecule has 4 nitrogen and oxygen atoms in total. The zero-order chi connectivity index (χ0) is 45.5. The lowest BCUT2D eigenvalue weighted by atomic mass is 9.54. The van der Waals surface area contributed by atoms with E-state index in [9.17, 15) is 9.90 Å². The van der Waals surface area contributed by atoms with Crippen LogP contribution in [0.4, 0.5) is 0 Å². The molecule has 0 aromatic heterocycles. The largest absolute Gasteiger partial charge is 0.390 e. The van der Waals surface area contributed by atoms with Crippen LogP contribution in [0, 0.1) is 39.4 Å². The highest BCUT2D eigenvalue weighted by Crippen LogP contribution is 2.66. The molecule has 2 aliphatic heterocycles. The molecule has 6 aliphatic carbocycles. The molecule has 2 spiro atoms. The van der Waals surface area contributed by atoms with Crippen molar-refractivity contribution < 1.29 is 19.4 Å². The van der Waals surface area contributed by atoms with Crippen LogP contribution < -0.4 is 0 Å². The van der Waals surface area contributed by atoms with Gasteiger partial charge in [-0.15, -0.1) is 0 Å². The third-order valence-corrected chi connectivity index (χ3v) is 19.0. The summed E-state index contributed by atoms with van der Waals surface area (Å²) >= 11 is 0. The van der Waals surface area contributed by atoms with E-state index in [-0.39, 0.29) is 33.2 Å². The van der Waals surface area contributed by atoms with Gasteiger partial charge >= 0.3 is 0 Å². The molecule has 8 atom stereocenters. The molecule has 0 unspecified atom stereocenters. The number of aliphatic hydroxyl groups is 1. The van der Waals surface area contributed by atoms with Crippen molar-refractivity contribution in [2.24, 2.45) is 39.4 Å². The molecule has 0 aromatic rings. The maximum atomic E-state index is 12.2. The monoisotopic (exact) mass is 857 g/mol. The standard InChI is InChI=1S/C22H38O.C18H28O2.C18H30O/c1-6-8-13-22(14-9-7-2)15-10-12-21(5)16-11-18(17-19(21)22)20(3,4)23;1-5-6-7-13-10-15(19)12-17(4)9-8-14-11-18(13,17)20-16(14,2)3;1-5-6-8-14-9-7-11-17(4)12-10-15-13-18(14,17)19-16(15,2)3/h10,15,17-18,23H,6-9,11-14,16H2,1-5H3;10,14H,5-9,11-12H2,1-4H3;9,15H,5-8,10-13H2,1-4H3/t18-,21+;14-,17-,18+;15-,17+,18+/m111/s1. The van der Waals surface area contributed by atoms with Crippen LogP contribution in [-0.4, -0.2) is 38.9 Å². The quantitative estimate of drug-likeness (QED) is 0.188. The molecule has 1 N–H and O–H groups in total. The van der Waals surface area contributed by atoms with Crippen molar-refractivity contribution in [1.29, 1.82) is 0 Å². The minimum atomic E-state index is -0.600. The summed E-state index contributed by atoms with van der Waals surface area (Å²) in [6.45, 7) is 29.5. The highest BCUT2D eigenvalue weighted by atomic mass is 16.5. The number of fused-ring (bicyclic) bond motifs is 3. The van der Waals surface area contributed by atoms with Gasteiger partial charge in [0.25, 0.3) is 0 Å². The summed E-state index contributed by atoms with van der Waals surface area (Å²) in [4.78, 5) is 12.2. The fourth-order valence-electron chi connectivity index (χ4n) is 14.7. The molecule has 4 heteroatoms. The van der Waals surface area contributed by atoms with Crippen LogP contribution in [-0.2, 0) is 14.3 Å². The molecule has 4 fully saturated rings. The minimum absolute atomic E-state index is 0.0200. The predicted molar refractivity (Wildman–Crippen MR) is 261 cm³/mol. The normalized spacial score (nSPS) is 38.2. The predicted octanol–water partition coefficient (Wildman–Crippen LogP) is 16.1. The van der Waals surface area contributed by atoms with E-state index < -0.39 is 5.60 Å². The summed E-state index contributed by atoms with van der Waals surface area (Å²) in [5.41, 5.74) is 4.98. The van der Waals surface area contributed by atoms with Gasteiger partial charge in [0.15, 0.2) is 5.78 Å². The lowest BCUT2D eigenvalue weighted by Crippen LogP contribution is -2.53. The molecule has 2 saturated heterocycles. The number of ether oxygens (including phenoxy) is 2. The van der Waals surface area contributed by atoms with Crippen LogP contribution in [0.5, 0.6) is 0 Å². The smallest absolute Gasteiger partial charge is 0.156 e. The highest BCUT2D eigenvalue weighted by Gasteiger charge is 2.66. The Hall–Kier alpha value is -1.49. The number of ketones is 1. The van der Waals surface area contributed by atoms with Gasteiger partial charge in [-0.25, -0.2) is 0 Å². The van der Waals surface area contributed by atoms with Crippen LogP contribution >= 0.6 is 0 Å². The first-order valence-corrected chi connectivity index (χ1v) is 26.5. The van der Waals surface area contributed by atoms with Crippen molar-refractivity contribution in [1.82, 2.24) is 0 Å². The number of unbranched alkanes of at least 4 members (excludes halogenated alkanes) is 4. The lowest BCUT2D eigenvalue weighted by molar-refractivity contribution is -0.145. The molecule has 4 bridgehead atoms. The van der Waals surface area contributed by atoms with Crippen LogP contribution in [0.1, 0.15) is 244 Å². The summed E-state index contributed by atoms with van der Waals surface area (Å²) < 4.78 is 13.5. The van der Waals surface area contributed by atoms with E-state index >= 15 is 0 Å². The molecule has 0 amide bonds. The van der Waals surface area contributed by atoms with Crippen molar-refractivity contribution in [3.05, 3.63) is 47.1 Å². The van der Waals surface area contributed by atoms with Crippen LogP contribution in [0.25, 0.3) is 0 Å². The van der Waals surface area contributed by atoms with Crippen molar-refractivity contribution in [2.75, 3.05) is 0 Å². The van der Waals surface area contributed by atoms with Gasteiger partial charge in [-0.1, -0.05) is 117 Å². The average molecular weight is 857 g/mol. The van der Waals surface area contributed by atoms with Gasteiger partial charge < -0.3 is 14.6 Å². The van der Waals surface area contributed by atoms with Gasteiger partial charge in [-0.05, 0) is 185 Å². The summed E-state index contributed by atoms with van der Waals surface area (Å²) in [6.07, 6.45) is 41.1. The lowest BCUT2D eigenvalue weighted by Gasteiger charge is -2.52. The summed E-state index contributed by atoms with van der Waals surface area (Å²) in [7, 11) is 0. The van der Waals surface area contributed by atoms with Gasteiger partial charge in [0.1, 0.15) is 0 Å². The fraction of sp³-hybridized carbons (Fsp3) is 0.845. The first-order chi connectivity index (χ1) is 29.0. The van der Waals surface area contributed by atoms with Gasteiger partial charge in [-0.3, -0.25) is 4.79 Å². The second-order valence-electron chi connectivity index (χ2n) is 24.8. The zero-order valence-electron chi connectivity index (χ0n) is 42.8. The molecule has 8 aliphatic rings. The van der Waals surface area contributed by atoms with E-state index in [1.807, 2.05) is 19.9 Å². The maximum absolute atomic E-state index is 12.2. The van der Waals surface area contributed by atoms with Crippen LogP contribution in [0.3, 0.4) is 0 Å². The molecule has 0 radical (unpaired) electrons. The Kier molecular flexibility index (Phi) is 15.0. The van der Waals surface area contributed by atoms with Gasteiger partial charge in [0.2, 0.25) is 0 Å². The van der Waals surface area contributed by atoms with Crippen molar-refractivity contribution >= 4 is 5.78 Å². The van der Waals surface area contributed by atoms with E-state index in [1.165, 1.54) is 121 Å². The maximum Gasteiger partial charge on any atom is 0.156 e. The second-order valence-corrected chi connectivity index (χ2v) is 24.8. The third kappa shape index (κ3) is 9.27. The second kappa shape index (κ2) is 18.7. The number of carbonyl (C=O) groups is 1. The molecule has 0 aromatic carbocycles. The van der Waals surface area contributed by atoms with Gasteiger partial charge in [0.05, 0.1) is 28.0 Å². The number of hydrogen-bond donors (Lipinski definition) is 1. The van der Waals surface area contributed by atoms with Crippen LogP contribution in [0.15, 0.2) is 47.1 Å². The first kappa shape index (κ1) is 49.9. The van der Waals surface area contributed by atoms with Crippen molar-refractivity contribution in [3.63, 3.8) is 0 Å². The van der Waals surface area contributed by atoms with E-state index in [0.717, 1.165) is 38.0 Å².